The molecule has 26 heavy (non-hydrogen) atoms. The van der Waals surface area contributed by atoms with Gasteiger partial charge in [-0.3, -0.25) is 34.1 Å². The van der Waals surface area contributed by atoms with Gasteiger partial charge in [0.15, 0.2) is 0 Å². The Bertz CT molecular complexity index is 528. The van der Waals surface area contributed by atoms with E-state index in [0.717, 1.165) is 0 Å². The van der Waals surface area contributed by atoms with Crippen LogP contribution in [0.2, 0.25) is 0 Å². The van der Waals surface area contributed by atoms with E-state index >= 15 is 0 Å². The average molecular weight is 382 g/mol. The normalized spacial score (nSPS) is 13.3. The Morgan fingerprint density at radius 2 is 0.923 bits per heavy atom. The Kier molecular flexibility index (Phi) is 11.7. The van der Waals surface area contributed by atoms with Crippen molar-refractivity contribution in [3.63, 3.8) is 0 Å². The van der Waals surface area contributed by atoms with E-state index in [1.807, 2.05) is 5.32 Å². The minimum absolute atomic E-state index is 0.532. The molecule has 0 aliphatic heterocycles. The number of nitrogens with two attached hydrogens (primary N) is 1. The van der Waals surface area contributed by atoms with Crippen molar-refractivity contribution < 1.29 is 59.4 Å². The lowest BCUT2D eigenvalue weighted by molar-refractivity contribution is -0.150. The quantitative estimate of drug-likeness (QED) is 0.181. The molecule has 0 aromatic rings. The zero-order valence-corrected chi connectivity index (χ0v) is 13.1. The average Bonchev–Trinajstić information content (AvgIpc) is 2.44. The maximum atomic E-state index is 10.6. The van der Waals surface area contributed by atoms with Crippen LogP contribution in [0.4, 0.5) is 0 Å². The van der Waals surface area contributed by atoms with Crippen molar-refractivity contribution in [1.82, 2.24) is 5.32 Å². The summed E-state index contributed by atoms with van der Waals surface area (Å²) < 4.78 is 0. The van der Waals surface area contributed by atoms with Crippen molar-refractivity contribution in [3.8, 4) is 0 Å². The number of rotatable bonds is 11. The summed E-state index contributed by atoms with van der Waals surface area (Å²) in [4.78, 5) is 61.5. The monoisotopic (exact) mass is 382 g/mol. The van der Waals surface area contributed by atoms with Crippen LogP contribution in [0.1, 0.15) is 19.3 Å². The first-order chi connectivity index (χ1) is 11.8. The molecule has 0 aliphatic rings. The van der Waals surface area contributed by atoms with Crippen molar-refractivity contribution in [2.45, 2.75) is 37.4 Å². The summed E-state index contributed by atoms with van der Waals surface area (Å²) in [7, 11) is 0. The highest BCUT2D eigenvalue weighted by Crippen LogP contribution is 2.00. The van der Waals surface area contributed by atoms with Gasteiger partial charge in [0.2, 0.25) is 0 Å². The Balaban J connectivity index is 0. The van der Waals surface area contributed by atoms with Crippen molar-refractivity contribution in [3.05, 3.63) is 0 Å². The Labute approximate surface area is 144 Å². The van der Waals surface area contributed by atoms with Crippen molar-refractivity contribution in [2.75, 3.05) is 0 Å². The number of carbonyl (C=O) groups is 6. The second kappa shape index (κ2) is 12.2. The predicted molar refractivity (Wildman–Crippen MR) is 78.4 cm³/mol. The molecule has 0 aromatic heterocycles. The first kappa shape index (κ1) is 25.0. The minimum Gasteiger partial charge on any atom is -0.481 e. The standard InChI is InChI=1S/C8H11NO8.C4H7NO4/c10-5(11)1-3(7(14)15)9-4(8(16)17)2-6(12)13;5-2(4(8)9)1-3(6)7/h3-4,9H,1-2H2,(H,10,11)(H,12,13)(H,14,15)(H,16,17);2H,1,5H2,(H,6,7)(H,8,9). The van der Waals surface area contributed by atoms with Gasteiger partial charge in [-0.1, -0.05) is 0 Å². The van der Waals surface area contributed by atoms with Crippen molar-refractivity contribution >= 4 is 35.8 Å². The Morgan fingerprint density at radius 1 is 0.615 bits per heavy atom. The summed E-state index contributed by atoms with van der Waals surface area (Å²) in [6.07, 6.45) is -2.23. The third-order valence-electron chi connectivity index (χ3n) is 2.47. The summed E-state index contributed by atoms with van der Waals surface area (Å²) in [5.41, 5.74) is 4.84. The number of carboxylic acid groups (broad SMARTS) is 6. The van der Waals surface area contributed by atoms with E-state index in [0.29, 0.717) is 0 Å². The van der Waals surface area contributed by atoms with Crippen LogP contribution in [-0.4, -0.2) is 84.6 Å². The summed E-state index contributed by atoms with van der Waals surface area (Å²) in [5.74, 6) is -8.51. The van der Waals surface area contributed by atoms with E-state index in [-0.39, 0.29) is 0 Å². The molecule has 0 fully saturated rings. The maximum Gasteiger partial charge on any atom is 0.321 e. The van der Waals surface area contributed by atoms with Crippen molar-refractivity contribution in [1.29, 1.82) is 0 Å². The molecule has 0 aromatic carbocycles. The molecule has 14 heteroatoms. The first-order valence-corrected chi connectivity index (χ1v) is 6.63. The molecular weight excluding hydrogens is 364 g/mol. The van der Waals surface area contributed by atoms with E-state index in [1.54, 1.807) is 0 Å². The van der Waals surface area contributed by atoms with E-state index in [4.69, 9.17) is 36.4 Å². The second-order valence-corrected chi connectivity index (χ2v) is 4.69. The fourth-order valence-electron chi connectivity index (χ4n) is 1.30. The largest absolute Gasteiger partial charge is 0.481 e. The van der Waals surface area contributed by atoms with Crippen LogP contribution in [-0.2, 0) is 28.8 Å². The fourth-order valence-corrected chi connectivity index (χ4v) is 1.30. The topological polar surface area (TPSA) is 262 Å². The minimum atomic E-state index is -1.66. The van der Waals surface area contributed by atoms with Crippen LogP contribution in [0.15, 0.2) is 0 Å². The molecule has 3 atom stereocenters. The lowest BCUT2D eigenvalue weighted by atomic mass is 10.1. The number of nitrogens with one attached hydrogen (secondary N) is 1. The molecule has 0 saturated carbocycles. The molecule has 0 amide bonds. The van der Waals surface area contributed by atoms with E-state index in [1.165, 1.54) is 0 Å². The van der Waals surface area contributed by atoms with Gasteiger partial charge in [0.05, 0.1) is 19.3 Å². The lowest BCUT2D eigenvalue weighted by Gasteiger charge is -2.17. The highest BCUT2D eigenvalue weighted by atomic mass is 16.4. The van der Waals surface area contributed by atoms with Gasteiger partial charge >= 0.3 is 35.8 Å². The van der Waals surface area contributed by atoms with Gasteiger partial charge in [0.25, 0.3) is 0 Å². The molecule has 0 spiro atoms. The number of hydrogen-bond donors (Lipinski definition) is 8. The maximum absolute atomic E-state index is 10.6. The van der Waals surface area contributed by atoms with Gasteiger partial charge in [-0.2, -0.15) is 0 Å². The van der Waals surface area contributed by atoms with Crippen LogP contribution >= 0.6 is 0 Å². The molecule has 148 valence electrons. The van der Waals surface area contributed by atoms with Crippen LogP contribution in [0.3, 0.4) is 0 Å². The highest BCUT2D eigenvalue weighted by molar-refractivity contribution is 5.84. The lowest BCUT2D eigenvalue weighted by Crippen LogP contribution is -2.48. The zero-order chi connectivity index (χ0) is 21.0. The summed E-state index contributed by atoms with van der Waals surface area (Å²) in [6.45, 7) is 0. The molecule has 0 bridgehead atoms. The van der Waals surface area contributed by atoms with Gasteiger partial charge in [-0.25, -0.2) is 0 Å². The highest BCUT2D eigenvalue weighted by Gasteiger charge is 2.29. The van der Waals surface area contributed by atoms with Crippen LogP contribution in [0.5, 0.6) is 0 Å². The summed E-state index contributed by atoms with van der Waals surface area (Å²) in [5, 5.41) is 52.0. The zero-order valence-electron chi connectivity index (χ0n) is 13.1. The third kappa shape index (κ3) is 13.2. The summed E-state index contributed by atoms with van der Waals surface area (Å²) >= 11 is 0. The Morgan fingerprint density at radius 3 is 1.08 bits per heavy atom. The Hall–Kier alpha value is -3.26. The smallest absolute Gasteiger partial charge is 0.321 e. The van der Waals surface area contributed by atoms with E-state index in [9.17, 15) is 28.8 Å². The molecule has 0 heterocycles. The molecule has 0 saturated heterocycles. The number of carboxylic acids is 6. The molecule has 0 aliphatic carbocycles. The van der Waals surface area contributed by atoms with Gasteiger partial charge in [0, 0.05) is 0 Å². The number of aliphatic carboxylic acids is 6. The van der Waals surface area contributed by atoms with E-state index in [2.05, 4.69) is 0 Å². The molecular formula is C12H18N2O12. The molecule has 0 rings (SSSR count). The molecule has 14 nitrogen and oxygen atoms in total. The predicted octanol–water partition coefficient (Wildman–Crippen LogP) is -2.70. The van der Waals surface area contributed by atoms with Crippen LogP contribution in [0.25, 0.3) is 0 Å². The van der Waals surface area contributed by atoms with Gasteiger partial charge in [-0.15, -0.1) is 0 Å². The number of hydrogen-bond acceptors (Lipinski definition) is 8. The second-order valence-electron chi connectivity index (χ2n) is 4.69. The van der Waals surface area contributed by atoms with Gasteiger partial charge < -0.3 is 36.4 Å². The SMILES string of the molecule is NC(CC(=O)O)C(=O)O.O=C(O)CC(NC(CC(=O)O)C(=O)O)C(=O)O. The van der Waals surface area contributed by atoms with Gasteiger partial charge in [-0.05, 0) is 0 Å². The molecule has 3 unspecified atom stereocenters. The van der Waals surface area contributed by atoms with E-state index < -0.39 is 73.2 Å². The third-order valence-corrected chi connectivity index (χ3v) is 2.47. The van der Waals surface area contributed by atoms with Crippen molar-refractivity contribution in [2.24, 2.45) is 5.73 Å². The fraction of sp³-hybridized carbons (Fsp3) is 0.500. The molecule has 9 N–H and O–H groups in total. The van der Waals surface area contributed by atoms with Crippen LogP contribution in [0, 0.1) is 0 Å². The van der Waals surface area contributed by atoms with Crippen LogP contribution < -0.4 is 11.1 Å². The molecule has 0 radical (unpaired) electrons. The first-order valence-electron chi connectivity index (χ1n) is 6.63. The van der Waals surface area contributed by atoms with Gasteiger partial charge in [0.1, 0.15) is 18.1 Å². The summed E-state index contributed by atoms with van der Waals surface area (Å²) in [6, 6.07) is -4.61.